The van der Waals surface area contributed by atoms with Crippen LogP contribution in [0.2, 0.25) is 0 Å². The van der Waals surface area contributed by atoms with Gasteiger partial charge in [-0.25, -0.2) is 4.98 Å². The van der Waals surface area contributed by atoms with Gasteiger partial charge in [0, 0.05) is 29.6 Å². The Hall–Kier alpha value is -1.39. The molecule has 1 saturated heterocycles. The lowest BCUT2D eigenvalue weighted by Gasteiger charge is -2.28. The van der Waals surface area contributed by atoms with Gasteiger partial charge in [0.05, 0.1) is 16.9 Å². The number of hydrogen-bond acceptors (Lipinski definition) is 2. The molecule has 1 fully saturated rings. The number of para-hydroxylation sites is 1. The van der Waals surface area contributed by atoms with Crippen LogP contribution in [0, 0.1) is 0 Å². The summed E-state index contributed by atoms with van der Waals surface area (Å²) in [5.41, 5.74) is 8.04. The minimum absolute atomic E-state index is 0. The maximum Gasteiger partial charge on any atom is 0.0765 e. The zero-order valence-corrected chi connectivity index (χ0v) is 17.5. The SMILES string of the molecule is Br.Br.c1ccc2c(c1)CCc1c-2nc2ccccc2c1N1CCCC1. The molecule has 1 aliphatic heterocycles. The first-order valence-corrected chi connectivity index (χ1v) is 8.67. The summed E-state index contributed by atoms with van der Waals surface area (Å²) in [5.74, 6) is 0. The van der Waals surface area contributed by atoms with Gasteiger partial charge in [0.15, 0.2) is 0 Å². The van der Waals surface area contributed by atoms with E-state index in [2.05, 4.69) is 53.4 Å². The van der Waals surface area contributed by atoms with Gasteiger partial charge in [-0.15, -0.1) is 34.0 Å². The van der Waals surface area contributed by atoms with E-state index in [-0.39, 0.29) is 34.0 Å². The lowest BCUT2D eigenvalue weighted by molar-refractivity contribution is 0.898. The first-order valence-electron chi connectivity index (χ1n) is 8.67. The molecule has 130 valence electrons. The molecule has 2 aromatic carbocycles. The molecule has 0 spiro atoms. The van der Waals surface area contributed by atoms with Gasteiger partial charge < -0.3 is 4.90 Å². The van der Waals surface area contributed by atoms with Crippen LogP contribution >= 0.6 is 34.0 Å². The molecule has 2 nitrogen and oxygen atoms in total. The summed E-state index contributed by atoms with van der Waals surface area (Å²) in [6.07, 6.45) is 4.85. The fraction of sp³-hybridized carbons (Fsp3) is 0.286. The zero-order valence-electron chi connectivity index (χ0n) is 14.1. The molecule has 0 amide bonds. The molecular formula is C21H22Br2N2. The Morgan fingerprint density at radius 2 is 1.52 bits per heavy atom. The average Bonchev–Trinajstić information content (AvgIpc) is 3.14. The largest absolute Gasteiger partial charge is 0.371 e. The molecule has 1 aliphatic carbocycles. The van der Waals surface area contributed by atoms with E-state index in [0.717, 1.165) is 18.4 Å². The van der Waals surface area contributed by atoms with Gasteiger partial charge >= 0.3 is 0 Å². The lowest BCUT2D eigenvalue weighted by Crippen LogP contribution is -2.22. The van der Waals surface area contributed by atoms with Gasteiger partial charge in [-0.2, -0.15) is 0 Å². The lowest BCUT2D eigenvalue weighted by atomic mass is 9.87. The third-order valence-corrected chi connectivity index (χ3v) is 5.30. The first-order chi connectivity index (χ1) is 11.4. The third kappa shape index (κ3) is 3.00. The summed E-state index contributed by atoms with van der Waals surface area (Å²) in [5, 5.41) is 1.33. The van der Waals surface area contributed by atoms with E-state index in [1.54, 1.807) is 0 Å². The van der Waals surface area contributed by atoms with Crippen molar-refractivity contribution < 1.29 is 0 Å². The van der Waals surface area contributed by atoms with Gasteiger partial charge in [-0.05, 0) is 37.3 Å². The fourth-order valence-corrected chi connectivity index (χ4v) is 4.22. The van der Waals surface area contributed by atoms with Crippen molar-refractivity contribution in [2.24, 2.45) is 0 Å². The Bertz CT molecular complexity index is 902. The van der Waals surface area contributed by atoms with E-state index < -0.39 is 0 Å². The van der Waals surface area contributed by atoms with Crippen LogP contribution in [0.3, 0.4) is 0 Å². The molecule has 0 radical (unpaired) electrons. The Morgan fingerprint density at radius 1 is 0.800 bits per heavy atom. The molecule has 2 heterocycles. The number of hydrogen-bond donors (Lipinski definition) is 0. The maximum absolute atomic E-state index is 5.06. The number of aryl methyl sites for hydroxylation is 1. The van der Waals surface area contributed by atoms with Crippen LogP contribution in [0.15, 0.2) is 48.5 Å². The summed E-state index contributed by atoms with van der Waals surface area (Å²) >= 11 is 0. The Labute approximate surface area is 169 Å². The number of pyridine rings is 1. The summed E-state index contributed by atoms with van der Waals surface area (Å²) in [6.45, 7) is 2.37. The number of halogens is 2. The van der Waals surface area contributed by atoms with Crippen LogP contribution in [0.25, 0.3) is 22.2 Å². The highest BCUT2D eigenvalue weighted by atomic mass is 79.9. The van der Waals surface area contributed by atoms with Crippen LogP contribution in [-0.2, 0) is 12.8 Å². The van der Waals surface area contributed by atoms with E-state index in [0.29, 0.717) is 0 Å². The molecule has 1 aromatic heterocycles. The predicted molar refractivity (Wildman–Crippen MR) is 117 cm³/mol. The molecule has 4 heteroatoms. The first kappa shape index (κ1) is 18.4. The summed E-state index contributed by atoms with van der Waals surface area (Å²) in [4.78, 5) is 7.66. The number of fused-ring (bicyclic) bond motifs is 4. The quantitative estimate of drug-likeness (QED) is 0.458. The van der Waals surface area contributed by atoms with Crippen molar-refractivity contribution in [3.63, 3.8) is 0 Å². The van der Waals surface area contributed by atoms with E-state index in [9.17, 15) is 0 Å². The van der Waals surface area contributed by atoms with E-state index >= 15 is 0 Å². The average molecular weight is 462 g/mol. The molecule has 0 bridgehead atoms. The normalized spacial score (nSPS) is 15.1. The molecular weight excluding hydrogens is 440 g/mol. The van der Waals surface area contributed by atoms with Crippen molar-refractivity contribution in [1.29, 1.82) is 0 Å². The Morgan fingerprint density at radius 3 is 2.36 bits per heavy atom. The second kappa shape index (κ2) is 7.46. The highest BCUT2D eigenvalue weighted by Crippen LogP contribution is 2.41. The van der Waals surface area contributed by atoms with E-state index in [1.165, 1.54) is 59.4 Å². The van der Waals surface area contributed by atoms with Crippen molar-refractivity contribution in [2.75, 3.05) is 18.0 Å². The van der Waals surface area contributed by atoms with E-state index in [1.807, 2.05) is 0 Å². The number of nitrogens with zero attached hydrogens (tertiary/aromatic N) is 2. The van der Waals surface area contributed by atoms with Gasteiger partial charge in [0.2, 0.25) is 0 Å². The van der Waals surface area contributed by atoms with Crippen LogP contribution < -0.4 is 4.90 Å². The minimum Gasteiger partial charge on any atom is -0.371 e. The smallest absolute Gasteiger partial charge is 0.0765 e. The molecule has 0 saturated carbocycles. The van der Waals surface area contributed by atoms with Crippen LogP contribution in [0.5, 0.6) is 0 Å². The van der Waals surface area contributed by atoms with Crippen LogP contribution in [-0.4, -0.2) is 18.1 Å². The Balaban J connectivity index is 0.000000911. The van der Waals surface area contributed by atoms with Crippen molar-refractivity contribution in [3.05, 3.63) is 59.7 Å². The fourth-order valence-electron chi connectivity index (χ4n) is 4.22. The molecule has 0 unspecified atom stereocenters. The molecule has 3 aromatic rings. The molecule has 0 N–H and O–H groups in total. The molecule has 5 rings (SSSR count). The van der Waals surface area contributed by atoms with Gasteiger partial charge in [-0.3, -0.25) is 0 Å². The van der Waals surface area contributed by atoms with Crippen molar-refractivity contribution >= 4 is 50.6 Å². The zero-order chi connectivity index (χ0) is 15.2. The third-order valence-electron chi connectivity index (χ3n) is 5.30. The van der Waals surface area contributed by atoms with Crippen molar-refractivity contribution in [2.45, 2.75) is 25.7 Å². The number of rotatable bonds is 1. The van der Waals surface area contributed by atoms with Gasteiger partial charge in [0.1, 0.15) is 0 Å². The standard InChI is InChI=1S/C21H20N2.2BrH/c1-2-8-16-15(7-1)11-12-18-20(16)22-19-10-4-3-9-17(19)21(18)23-13-5-6-14-23;;/h1-4,7-10H,5-6,11-14H2;2*1H. The maximum atomic E-state index is 5.06. The number of benzene rings is 2. The second-order valence-corrected chi connectivity index (χ2v) is 6.66. The minimum atomic E-state index is 0. The molecule has 25 heavy (non-hydrogen) atoms. The van der Waals surface area contributed by atoms with Crippen molar-refractivity contribution in [1.82, 2.24) is 4.98 Å². The summed E-state index contributed by atoms with van der Waals surface area (Å²) < 4.78 is 0. The number of anilines is 1. The topological polar surface area (TPSA) is 16.1 Å². The molecule has 0 atom stereocenters. The monoisotopic (exact) mass is 460 g/mol. The second-order valence-electron chi connectivity index (χ2n) is 6.66. The van der Waals surface area contributed by atoms with Crippen molar-refractivity contribution in [3.8, 4) is 11.3 Å². The predicted octanol–water partition coefficient (Wildman–Crippen LogP) is 5.76. The highest BCUT2D eigenvalue weighted by molar-refractivity contribution is 8.93. The van der Waals surface area contributed by atoms with Gasteiger partial charge in [-0.1, -0.05) is 42.5 Å². The number of aromatic nitrogens is 1. The van der Waals surface area contributed by atoms with E-state index in [4.69, 9.17) is 4.98 Å². The summed E-state index contributed by atoms with van der Waals surface area (Å²) in [7, 11) is 0. The molecule has 2 aliphatic rings. The highest BCUT2D eigenvalue weighted by Gasteiger charge is 2.26. The summed E-state index contributed by atoms with van der Waals surface area (Å²) in [6, 6.07) is 17.4. The van der Waals surface area contributed by atoms with Crippen LogP contribution in [0.4, 0.5) is 5.69 Å². The Kier molecular flexibility index (Phi) is 5.49. The van der Waals surface area contributed by atoms with Gasteiger partial charge in [0.25, 0.3) is 0 Å². The van der Waals surface area contributed by atoms with Crippen LogP contribution in [0.1, 0.15) is 24.0 Å².